The fourth-order valence-corrected chi connectivity index (χ4v) is 7.74. The van der Waals surface area contributed by atoms with E-state index in [0.717, 1.165) is 93.9 Å². The van der Waals surface area contributed by atoms with Gasteiger partial charge in [-0.2, -0.15) is 0 Å². The van der Waals surface area contributed by atoms with E-state index in [-0.39, 0.29) is 0 Å². The van der Waals surface area contributed by atoms with Crippen molar-refractivity contribution >= 4 is 43.9 Å². The summed E-state index contributed by atoms with van der Waals surface area (Å²) in [4.78, 5) is 15.2. The summed E-state index contributed by atoms with van der Waals surface area (Å²) < 4.78 is 12.4. The summed E-state index contributed by atoms with van der Waals surface area (Å²) in [7, 11) is 0. The normalized spacial score (nSPS) is 11.6. The molecule has 0 fully saturated rings. The second-order valence-corrected chi connectivity index (χ2v) is 14.0. The van der Waals surface area contributed by atoms with Gasteiger partial charge in [-0.25, -0.2) is 15.0 Å². The zero-order valence-electron chi connectivity index (χ0n) is 30.1. The Morgan fingerprint density at radius 1 is 0.268 bits per heavy atom. The number of fused-ring (bicyclic) bond motifs is 6. The van der Waals surface area contributed by atoms with Crippen LogP contribution in [0, 0.1) is 0 Å². The highest BCUT2D eigenvalue weighted by molar-refractivity contribution is 6.12. The van der Waals surface area contributed by atoms with E-state index >= 15 is 0 Å². The molecule has 5 heteroatoms. The number of aromatic nitrogens is 3. The molecule has 0 N–H and O–H groups in total. The van der Waals surface area contributed by atoms with Crippen LogP contribution in [-0.4, -0.2) is 15.0 Å². The molecule has 0 amide bonds. The second-order valence-electron chi connectivity index (χ2n) is 14.0. The van der Waals surface area contributed by atoms with E-state index in [1.807, 2.05) is 48.5 Å². The summed E-state index contributed by atoms with van der Waals surface area (Å²) in [6, 6.07) is 64.6. The smallest absolute Gasteiger partial charge is 0.164 e. The minimum Gasteiger partial charge on any atom is -0.456 e. The average Bonchev–Trinajstić information content (AvgIpc) is 3.85. The molecule has 0 saturated heterocycles. The predicted octanol–water partition coefficient (Wildman–Crippen LogP) is 13.7. The average molecular weight is 718 g/mol. The third-order valence-electron chi connectivity index (χ3n) is 10.6. The van der Waals surface area contributed by atoms with Crippen LogP contribution in [0.3, 0.4) is 0 Å². The van der Waals surface area contributed by atoms with Gasteiger partial charge in [0.2, 0.25) is 0 Å². The van der Waals surface area contributed by atoms with E-state index in [9.17, 15) is 0 Å². The van der Waals surface area contributed by atoms with Crippen LogP contribution in [0.2, 0.25) is 0 Å². The van der Waals surface area contributed by atoms with Crippen molar-refractivity contribution in [1.29, 1.82) is 0 Å². The standard InChI is InChI=1S/C51H31N3O2/c1-2-9-32(10-3-1)33-17-23-36(24-18-33)49-52-50(37-25-19-34(20-26-37)39-29-30-42-41-11-4-6-14-44(41)56-47(42)31-39)54-51(53-49)38-27-21-35(22-28-38)40-13-8-16-46-48(40)43-12-5-7-15-45(43)55-46/h1-31H. The van der Waals surface area contributed by atoms with Gasteiger partial charge in [0.1, 0.15) is 22.3 Å². The van der Waals surface area contributed by atoms with E-state index in [4.69, 9.17) is 23.8 Å². The lowest BCUT2D eigenvalue weighted by atomic mass is 9.98. The van der Waals surface area contributed by atoms with Gasteiger partial charge >= 0.3 is 0 Å². The molecule has 0 aliphatic carbocycles. The Morgan fingerprint density at radius 3 is 1.34 bits per heavy atom. The molecule has 0 bridgehead atoms. The molecule has 11 rings (SSSR count). The maximum atomic E-state index is 6.18. The first-order chi connectivity index (χ1) is 27.7. The van der Waals surface area contributed by atoms with Crippen molar-refractivity contribution in [3.63, 3.8) is 0 Å². The highest BCUT2D eigenvalue weighted by atomic mass is 16.3. The maximum Gasteiger partial charge on any atom is 0.164 e. The third kappa shape index (κ3) is 5.53. The molecule has 3 heterocycles. The fraction of sp³-hybridized carbons (Fsp3) is 0. The summed E-state index contributed by atoms with van der Waals surface area (Å²) in [6.07, 6.45) is 0. The summed E-state index contributed by atoms with van der Waals surface area (Å²) in [5, 5.41) is 4.45. The van der Waals surface area contributed by atoms with E-state index < -0.39 is 0 Å². The van der Waals surface area contributed by atoms with Crippen LogP contribution in [0.1, 0.15) is 0 Å². The molecule has 11 aromatic rings. The van der Waals surface area contributed by atoms with Gasteiger partial charge in [-0.3, -0.25) is 0 Å². The number of rotatable bonds is 6. The lowest BCUT2D eigenvalue weighted by Crippen LogP contribution is -2.00. The van der Waals surface area contributed by atoms with Crippen molar-refractivity contribution in [2.45, 2.75) is 0 Å². The monoisotopic (exact) mass is 717 g/mol. The Labute approximate surface area is 322 Å². The van der Waals surface area contributed by atoms with Gasteiger partial charge in [0.15, 0.2) is 17.5 Å². The zero-order valence-corrected chi connectivity index (χ0v) is 30.1. The van der Waals surface area contributed by atoms with Crippen molar-refractivity contribution in [3.05, 3.63) is 188 Å². The maximum absolute atomic E-state index is 6.18. The molecule has 0 unspecified atom stereocenters. The molecule has 3 aromatic heterocycles. The van der Waals surface area contributed by atoms with Gasteiger partial charge in [-0.1, -0.05) is 158 Å². The predicted molar refractivity (Wildman–Crippen MR) is 227 cm³/mol. The first-order valence-electron chi connectivity index (χ1n) is 18.7. The highest BCUT2D eigenvalue weighted by Crippen LogP contribution is 2.38. The fourth-order valence-electron chi connectivity index (χ4n) is 7.74. The molecule has 56 heavy (non-hydrogen) atoms. The highest BCUT2D eigenvalue weighted by Gasteiger charge is 2.16. The largest absolute Gasteiger partial charge is 0.456 e. The molecule has 8 aromatic carbocycles. The number of para-hydroxylation sites is 2. The molecule has 0 spiro atoms. The van der Waals surface area contributed by atoms with Crippen LogP contribution in [0.5, 0.6) is 0 Å². The van der Waals surface area contributed by atoms with Gasteiger partial charge < -0.3 is 8.83 Å². The lowest BCUT2D eigenvalue weighted by molar-refractivity contribution is 0.668. The van der Waals surface area contributed by atoms with Gasteiger partial charge in [0.25, 0.3) is 0 Å². The number of benzene rings is 8. The van der Waals surface area contributed by atoms with Crippen molar-refractivity contribution in [3.8, 4) is 67.5 Å². The molecule has 0 aliphatic heterocycles. The Kier molecular flexibility index (Phi) is 7.42. The summed E-state index contributed by atoms with van der Waals surface area (Å²) >= 11 is 0. The molecule has 0 atom stereocenters. The van der Waals surface area contributed by atoms with Gasteiger partial charge in [-0.05, 0) is 63.7 Å². The van der Waals surface area contributed by atoms with Crippen LogP contribution >= 0.6 is 0 Å². The summed E-state index contributed by atoms with van der Waals surface area (Å²) in [5.41, 5.74) is 12.9. The molecule has 5 nitrogen and oxygen atoms in total. The molecular weight excluding hydrogens is 687 g/mol. The Hall–Kier alpha value is -7.63. The minimum absolute atomic E-state index is 0.607. The number of nitrogens with zero attached hydrogens (tertiary/aromatic N) is 3. The van der Waals surface area contributed by atoms with E-state index in [0.29, 0.717) is 17.5 Å². The minimum atomic E-state index is 0.607. The molecular formula is C51H31N3O2. The molecule has 0 radical (unpaired) electrons. The van der Waals surface area contributed by atoms with Crippen molar-refractivity contribution in [2.24, 2.45) is 0 Å². The molecule has 262 valence electrons. The van der Waals surface area contributed by atoms with Crippen LogP contribution in [0.15, 0.2) is 197 Å². The second kappa shape index (κ2) is 13.0. The van der Waals surface area contributed by atoms with Crippen LogP contribution < -0.4 is 0 Å². The Bertz CT molecular complexity index is 3220. The van der Waals surface area contributed by atoms with E-state index in [2.05, 4.69) is 140 Å². The van der Waals surface area contributed by atoms with Crippen LogP contribution in [0.25, 0.3) is 111 Å². The first kappa shape index (κ1) is 31.9. The number of hydrogen-bond acceptors (Lipinski definition) is 5. The van der Waals surface area contributed by atoms with Crippen LogP contribution in [0.4, 0.5) is 0 Å². The molecule has 0 aliphatic rings. The Balaban J connectivity index is 0.979. The molecule has 0 saturated carbocycles. The van der Waals surface area contributed by atoms with Gasteiger partial charge in [0.05, 0.1) is 0 Å². The van der Waals surface area contributed by atoms with Gasteiger partial charge in [0, 0.05) is 38.2 Å². The quantitative estimate of drug-likeness (QED) is 0.171. The topological polar surface area (TPSA) is 65.0 Å². The SMILES string of the molecule is c1ccc(-c2ccc(-c3nc(-c4ccc(-c5ccc6c(c5)oc5ccccc56)cc4)nc(-c4ccc(-c5cccc6oc7ccccc7c56)cc4)n3)cc2)cc1. The first-order valence-corrected chi connectivity index (χ1v) is 18.7. The summed E-state index contributed by atoms with van der Waals surface area (Å²) in [5.74, 6) is 1.83. The number of hydrogen-bond donors (Lipinski definition) is 0. The van der Waals surface area contributed by atoms with Crippen molar-refractivity contribution in [1.82, 2.24) is 15.0 Å². The number of furan rings is 2. The zero-order chi connectivity index (χ0) is 37.0. The van der Waals surface area contributed by atoms with Gasteiger partial charge in [-0.15, -0.1) is 0 Å². The lowest BCUT2D eigenvalue weighted by Gasteiger charge is -2.10. The van der Waals surface area contributed by atoms with Crippen molar-refractivity contribution in [2.75, 3.05) is 0 Å². The van der Waals surface area contributed by atoms with E-state index in [1.165, 1.54) is 0 Å². The third-order valence-corrected chi connectivity index (χ3v) is 10.6. The van der Waals surface area contributed by atoms with Crippen molar-refractivity contribution < 1.29 is 8.83 Å². The van der Waals surface area contributed by atoms with E-state index in [1.54, 1.807) is 0 Å². The summed E-state index contributed by atoms with van der Waals surface area (Å²) in [6.45, 7) is 0. The van der Waals surface area contributed by atoms with Crippen LogP contribution in [-0.2, 0) is 0 Å². The Morgan fingerprint density at radius 2 is 0.696 bits per heavy atom.